The van der Waals surface area contributed by atoms with Gasteiger partial charge < -0.3 is 10.2 Å². The normalized spacial score (nSPS) is 12.0. The lowest BCUT2D eigenvalue weighted by Crippen LogP contribution is -2.29. The maximum atomic E-state index is 5.99. The van der Waals surface area contributed by atoms with Gasteiger partial charge in [-0.15, -0.1) is 21.5 Å². The minimum Gasteiger partial charge on any atom is -0.423 e. The summed E-state index contributed by atoms with van der Waals surface area (Å²) in [6.45, 7) is 3.68. The van der Waals surface area contributed by atoms with Gasteiger partial charge in [-0.1, -0.05) is 36.4 Å². The second kappa shape index (κ2) is 6.06. The molecular weight excluding hydrogens is 332 g/mol. The topological polar surface area (TPSA) is 77.8 Å². The molecule has 4 aromatic rings. The molecule has 2 aromatic carbocycles. The second-order valence-corrected chi connectivity index (χ2v) is 7.67. The van der Waals surface area contributed by atoms with Gasteiger partial charge in [0.2, 0.25) is 11.8 Å². The Morgan fingerprint density at radius 2 is 1.84 bits per heavy atom. The summed E-state index contributed by atoms with van der Waals surface area (Å²) in [4.78, 5) is 4.67. The first-order valence-corrected chi connectivity index (χ1v) is 8.87. The molecule has 0 amide bonds. The molecule has 2 N–H and O–H groups in total. The lowest BCUT2D eigenvalue weighted by molar-refractivity contribution is 0.362. The third-order valence-electron chi connectivity index (χ3n) is 3.86. The van der Waals surface area contributed by atoms with E-state index in [0.29, 0.717) is 18.2 Å². The molecule has 0 unspecified atom stereocenters. The minimum absolute atomic E-state index is 0.440. The van der Waals surface area contributed by atoms with Gasteiger partial charge in [-0.25, -0.2) is 4.98 Å². The van der Waals surface area contributed by atoms with E-state index in [0.717, 1.165) is 15.2 Å². The highest BCUT2D eigenvalue weighted by Gasteiger charge is 2.22. The zero-order valence-corrected chi connectivity index (χ0v) is 14.9. The van der Waals surface area contributed by atoms with Crippen molar-refractivity contribution < 1.29 is 4.42 Å². The van der Waals surface area contributed by atoms with E-state index < -0.39 is 5.54 Å². The van der Waals surface area contributed by atoms with E-state index in [1.807, 2.05) is 32.0 Å². The van der Waals surface area contributed by atoms with E-state index in [1.165, 1.54) is 11.1 Å². The Hall–Kier alpha value is -2.57. The summed E-state index contributed by atoms with van der Waals surface area (Å²) < 4.78 is 6.81. The first-order chi connectivity index (χ1) is 12.0. The number of hydrogen-bond acceptors (Lipinski definition) is 6. The minimum atomic E-state index is -0.635. The first kappa shape index (κ1) is 15.9. The largest absolute Gasteiger partial charge is 0.423 e. The Balaban J connectivity index is 1.62. The van der Waals surface area contributed by atoms with E-state index in [9.17, 15) is 0 Å². The third-order valence-corrected chi connectivity index (χ3v) is 4.88. The van der Waals surface area contributed by atoms with Crippen molar-refractivity contribution in [2.75, 3.05) is 0 Å². The molecule has 0 bridgehead atoms. The fourth-order valence-corrected chi connectivity index (χ4v) is 3.57. The van der Waals surface area contributed by atoms with Crippen molar-refractivity contribution in [1.82, 2.24) is 15.2 Å². The van der Waals surface area contributed by atoms with Crippen molar-refractivity contribution in [3.8, 4) is 11.1 Å². The fraction of sp³-hybridized carbons (Fsp3) is 0.211. The first-order valence-electron chi connectivity index (χ1n) is 8.06. The molecule has 0 spiro atoms. The molecule has 0 saturated carbocycles. The zero-order valence-electron chi connectivity index (χ0n) is 14.1. The molecular formula is C19H18N4OS. The average molecular weight is 350 g/mol. The molecule has 126 valence electrons. The van der Waals surface area contributed by atoms with Gasteiger partial charge in [0.15, 0.2) is 0 Å². The van der Waals surface area contributed by atoms with E-state index in [-0.39, 0.29) is 0 Å². The zero-order chi connectivity index (χ0) is 17.4. The molecule has 2 aromatic heterocycles. The van der Waals surface area contributed by atoms with Crippen molar-refractivity contribution >= 4 is 21.6 Å². The Morgan fingerprint density at radius 1 is 1.04 bits per heavy atom. The van der Waals surface area contributed by atoms with Crippen molar-refractivity contribution in [2.45, 2.75) is 25.8 Å². The average Bonchev–Trinajstić information content (AvgIpc) is 3.21. The van der Waals surface area contributed by atoms with Gasteiger partial charge >= 0.3 is 0 Å². The molecule has 0 saturated heterocycles. The van der Waals surface area contributed by atoms with Crippen molar-refractivity contribution in [3.05, 3.63) is 65.3 Å². The number of rotatable bonds is 4. The number of nitrogens with zero attached hydrogens (tertiary/aromatic N) is 3. The van der Waals surface area contributed by atoms with Gasteiger partial charge in [-0.3, -0.25) is 0 Å². The SMILES string of the molecule is CC(C)(N)c1nnc(Cc2nc3ccc(-c4ccccc4)cc3s2)o1. The van der Waals surface area contributed by atoms with Crippen LogP contribution < -0.4 is 5.73 Å². The molecule has 25 heavy (non-hydrogen) atoms. The monoisotopic (exact) mass is 350 g/mol. The summed E-state index contributed by atoms with van der Waals surface area (Å²) in [5.74, 6) is 0.978. The fourth-order valence-electron chi connectivity index (χ4n) is 2.57. The quantitative estimate of drug-likeness (QED) is 0.599. The maximum absolute atomic E-state index is 5.99. The van der Waals surface area contributed by atoms with Gasteiger partial charge in [0, 0.05) is 0 Å². The number of hydrogen-bond donors (Lipinski definition) is 1. The predicted octanol–water partition coefficient (Wildman–Crippen LogP) is 4.13. The van der Waals surface area contributed by atoms with Gasteiger partial charge in [-0.05, 0) is 37.1 Å². The van der Waals surface area contributed by atoms with E-state index in [1.54, 1.807) is 11.3 Å². The molecule has 6 heteroatoms. The summed E-state index contributed by atoms with van der Waals surface area (Å²) in [6.07, 6.45) is 0.517. The van der Waals surface area contributed by atoms with Crippen LogP contribution in [0.25, 0.3) is 21.3 Å². The molecule has 0 radical (unpaired) electrons. The smallest absolute Gasteiger partial charge is 0.235 e. The van der Waals surface area contributed by atoms with Gasteiger partial charge in [0.1, 0.15) is 5.01 Å². The Morgan fingerprint density at radius 3 is 2.56 bits per heavy atom. The molecule has 2 heterocycles. The summed E-state index contributed by atoms with van der Waals surface area (Å²) >= 11 is 1.65. The predicted molar refractivity (Wildman–Crippen MR) is 99.4 cm³/mol. The third kappa shape index (κ3) is 3.31. The number of thiazole rings is 1. The van der Waals surface area contributed by atoms with Crippen LogP contribution in [0.2, 0.25) is 0 Å². The molecule has 0 aliphatic rings. The maximum Gasteiger partial charge on any atom is 0.235 e. The van der Waals surface area contributed by atoms with Crippen molar-refractivity contribution in [2.24, 2.45) is 5.73 Å². The molecule has 5 nitrogen and oxygen atoms in total. The molecule has 0 atom stereocenters. The van der Waals surface area contributed by atoms with Crippen LogP contribution in [0.4, 0.5) is 0 Å². The van der Waals surface area contributed by atoms with Crippen LogP contribution in [0, 0.1) is 0 Å². The summed E-state index contributed by atoms with van der Waals surface area (Å²) in [5.41, 5.74) is 8.72. The number of nitrogens with two attached hydrogens (primary N) is 1. The highest BCUT2D eigenvalue weighted by atomic mass is 32.1. The summed E-state index contributed by atoms with van der Waals surface area (Å²) in [6, 6.07) is 16.7. The standard InChI is InChI=1S/C19H18N4OS/c1-19(2,20)18-23-22-16(24-18)11-17-21-14-9-8-13(10-15(14)25-17)12-6-4-3-5-7-12/h3-10H,11,20H2,1-2H3. The number of fused-ring (bicyclic) bond motifs is 1. The number of benzene rings is 2. The van der Waals surface area contributed by atoms with Crippen LogP contribution in [0.3, 0.4) is 0 Å². The Kier molecular flexibility index (Phi) is 3.86. The second-order valence-electron chi connectivity index (χ2n) is 6.56. The highest BCUT2D eigenvalue weighted by molar-refractivity contribution is 7.18. The van der Waals surface area contributed by atoms with Crippen molar-refractivity contribution in [1.29, 1.82) is 0 Å². The van der Waals surface area contributed by atoms with Crippen LogP contribution >= 0.6 is 11.3 Å². The summed E-state index contributed by atoms with van der Waals surface area (Å²) in [5, 5.41) is 9.06. The summed E-state index contributed by atoms with van der Waals surface area (Å²) in [7, 11) is 0. The molecule has 4 rings (SSSR count). The molecule has 0 fully saturated rings. The molecule has 0 aliphatic carbocycles. The van der Waals surface area contributed by atoms with Crippen LogP contribution in [-0.2, 0) is 12.0 Å². The van der Waals surface area contributed by atoms with Crippen molar-refractivity contribution in [3.63, 3.8) is 0 Å². The van der Waals surface area contributed by atoms with Crippen LogP contribution in [0.5, 0.6) is 0 Å². The van der Waals surface area contributed by atoms with Crippen LogP contribution in [0.15, 0.2) is 52.9 Å². The van der Waals surface area contributed by atoms with Crippen LogP contribution in [0.1, 0.15) is 30.6 Å². The van der Waals surface area contributed by atoms with E-state index in [4.69, 9.17) is 10.2 Å². The lowest BCUT2D eigenvalue weighted by atomic mass is 10.1. The van der Waals surface area contributed by atoms with Gasteiger partial charge in [-0.2, -0.15) is 0 Å². The van der Waals surface area contributed by atoms with E-state index >= 15 is 0 Å². The molecule has 0 aliphatic heterocycles. The highest BCUT2D eigenvalue weighted by Crippen LogP contribution is 2.29. The van der Waals surface area contributed by atoms with Gasteiger partial charge in [0.05, 0.1) is 22.2 Å². The Bertz CT molecular complexity index is 1010. The van der Waals surface area contributed by atoms with Crippen LogP contribution in [-0.4, -0.2) is 15.2 Å². The Labute approximate surface area is 149 Å². The van der Waals surface area contributed by atoms with E-state index in [2.05, 4.69) is 45.5 Å². The number of aromatic nitrogens is 3. The van der Waals surface area contributed by atoms with Gasteiger partial charge in [0.25, 0.3) is 0 Å². The lowest BCUT2D eigenvalue weighted by Gasteiger charge is -2.11.